The van der Waals surface area contributed by atoms with Crippen molar-refractivity contribution in [3.8, 4) is 12.3 Å². The van der Waals surface area contributed by atoms with Gasteiger partial charge in [-0.05, 0) is 31.6 Å². The second-order valence-corrected chi connectivity index (χ2v) is 4.97. The molecule has 1 rings (SSSR count). The fourth-order valence-corrected chi connectivity index (χ4v) is 2.81. The molecular weight excluding hydrogens is 214 g/mol. The summed E-state index contributed by atoms with van der Waals surface area (Å²) in [5.41, 5.74) is 0. The van der Waals surface area contributed by atoms with Crippen molar-refractivity contribution >= 4 is 5.97 Å². The highest BCUT2D eigenvalue weighted by Crippen LogP contribution is 2.30. The minimum Gasteiger partial charge on any atom is -0.480 e. The van der Waals surface area contributed by atoms with Gasteiger partial charge in [0.2, 0.25) is 0 Å². The lowest BCUT2D eigenvalue weighted by molar-refractivity contribution is -0.138. The van der Waals surface area contributed by atoms with Gasteiger partial charge in [0.1, 0.15) is 0 Å². The van der Waals surface area contributed by atoms with E-state index in [4.69, 9.17) is 11.5 Å². The lowest BCUT2D eigenvalue weighted by Gasteiger charge is -2.35. The molecule has 3 heteroatoms. The minimum atomic E-state index is -0.782. The Kier molecular flexibility index (Phi) is 6.07. The number of hydrogen-bond donors (Lipinski definition) is 1. The molecule has 17 heavy (non-hydrogen) atoms. The van der Waals surface area contributed by atoms with Crippen LogP contribution in [0.5, 0.6) is 0 Å². The first kappa shape index (κ1) is 14.1. The quantitative estimate of drug-likeness (QED) is 0.721. The van der Waals surface area contributed by atoms with Crippen LogP contribution < -0.4 is 0 Å². The number of hydrogen-bond acceptors (Lipinski definition) is 2. The molecule has 1 N–H and O–H groups in total. The molecule has 0 aromatic carbocycles. The lowest BCUT2D eigenvalue weighted by atomic mass is 9.83. The SMILES string of the molecule is C#CCN(CC(=O)O)C1CCC(CCC)CC1. The first-order valence-electron chi connectivity index (χ1n) is 6.56. The van der Waals surface area contributed by atoms with Crippen molar-refractivity contribution in [2.45, 2.75) is 51.5 Å². The maximum Gasteiger partial charge on any atom is 0.317 e. The summed E-state index contributed by atoms with van der Waals surface area (Å²) in [6.45, 7) is 2.75. The number of terminal acetylenes is 1. The second-order valence-electron chi connectivity index (χ2n) is 4.97. The summed E-state index contributed by atoms with van der Waals surface area (Å²) < 4.78 is 0. The van der Waals surface area contributed by atoms with E-state index in [1.54, 1.807) is 0 Å². The lowest BCUT2D eigenvalue weighted by Crippen LogP contribution is -2.41. The molecule has 0 aromatic heterocycles. The van der Waals surface area contributed by atoms with Crippen LogP contribution in [0.25, 0.3) is 0 Å². The van der Waals surface area contributed by atoms with Gasteiger partial charge >= 0.3 is 5.97 Å². The van der Waals surface area contributed by atoms with Gasteiger partial charge < -0.3 is 5.11 Å². The standard InChI is InChI=1S/C14H23NO2/c1-3-5-12-6-8-13(9-7-12)15(10-4-2)11-14(16)17/h2,12-13H,3,5-11H2,1H3,(H,16,17). The zero-order valence-electron chi connectivity index (χ0n) is 10.7. The first-order chi connectivity index (χ1) is 8.17. The van der Waals surface area contributed by atoms with E-state index in [0.717, 1.165) is 18.8 Å². The van der Waals surface area contributed by atoms with Crippen molar-refractivity contribution in [2.24, 2.45) is 5.92 Å². The second kappa shape index (κ2) is 7.34. The van der Waals surface area contributed by atoms with Gasteiger partial charge in [0.05, 0.1) is 13.1 Å². The normalized spacial score (nSPS) is 24.5. The van der Waals surface area contributed by atoms with Gasteiger partial charge in [0.15, 0.2) is 0 Å². The Balaban J connectivity index is 2.43. The molecule has 0 radical (unpaired) electrons. The molecule has 0 unspecified atom stereocenters. The van der Waals surface area contributed by atoms with Gasteiger partial charge in [-0.3, -0.25) is 9.69 Å². The van der Waals surface area contributed by atoms with Gasteiger partial charge in [-0.15, -0.1) is 6.42 Å². The maximum absolute atomic E-state index is 10.8. The number of carbonyl (C=O) groups is 1. The molecule has 0 heterocycles. The Hall–Kier alpha value is -1.01. The van der Waals surface area contributed by atoms with Gasteiger partial charge in [-0.25, -0.2) is 0 Å². The molecule has 0 saturated heterocycles. The van der Waals surface area contributed by atoms with Crippen LogP contribution in [0.15, 0.2) is 0 Å². The highest BCUT2D eigenvalue weighted by Gasteiger charge is 2.26. The van der Waals surface area contributed by atoms with E-state index in [-0.39, 0.29) is 6.54 Å². The van der Waals surface area contributed by atoms with Gasteiger partial charge in [0.25, 0.3) is 0 Å². The smallest absolute Gasteiger partial charge is 0.317 e. The predicted molar refractivity (Wildman–Crippen MR) is 68.7 cm³/mol. The molecule has 1 saturated carbocycles. The molecular formula is C14H23NO2. The fraction of sp³-hybridized carbons (Fsp3) is 0.786. The number of aliphatic carboxylic acids is 1. The number of carboxylic acid groups (broad SMARTS) is 1. The molecule has 96 valence electrons. The summed E-state index contributed by atoms with van der Waals surface area (Å²) >= 11 is 0. The molecule has 3 nitrogen and oxygen atoms in total. The van der Waals surface area contributed by atoms with Crippen molar-refractivity contribution in [3.63, 3.8) is 0 Å². The Morgan fingerprint density at radius 1 is 1.41 bits per heavy atom. The van der Waals surface area contributed by atoms with Gasteiger partial charge in [-0.2, -0.15) is 0 Å². The van der Waals surface area contributed by atoms with Crippen LogP contribution in [0.4, 0.5) is 0 Å². The largest absolute Gasteiger partial charge is 0.480 e. The van der Waals surface area contributed by atoms with E-state index in [2.05, 4.69) is 12.8 Å². The molecule has 1 aliphatic carbocycles. The minimum absolute atomic E-state index is 0.0767. The summed E-state index contributed by atoms with van der Waals surface area (Å²) in [5.74, 6) is 2.63. The van der Waals surface area contributed by atoms with E-state index in [1.807, 2.05) is 4.90 Å². The first-order valence-corrected chi connectivity index (χ1v) is 6.56. The van der Waals surface area contributed by atoms with E-state index < -0.39 is 5.97 Å². The van der Waals surface area contributed by atoms with Gasteiger partial charge in [-0.1, -0.05) is 25.7 Å². The molecule has 0 bridgehead atoms. The van der Waals surface area contributed by atoms with E-state index in [0.29, 0.717) is 12.6 Å². The Labute approximate surface area is 104 Å². The van der Waals surface area contributed by atoms with Crippen molar-refractivity contribution in [1.29, 1.82) is 0 Å². The predicted octanol–water partition coefficient (Wildman–Crippen LogP) is 2.37. The highest BCUT2D eigenvalue weighted by molar-refractivity contribution is 5.69. The van der Waals surface area contributed by atoms with Crippen LogP contribution in [0.3, 0.4) is 0 Å². The Morgan fingerprint density at radius 3 is 2.53 bits per heavy atom. The van der Waals surface area contributed by atoms with Gasteiger partial charge in [0, 0.05) is 6.04 Å². The maximum atomic E-state index is 10.8. The monoisotopic (exact) mass is 237 g/mol. The zero-order valence-corrected chi connectivity index (χ0v) is 10.7. The van der Waals surface area contributed by atoms with Crippen LogP contribution in [0.2, 0.25) is 0 Å². The van der Waals surface area contributed by atoms with Crippen molar-refractivity contribution in [3.05, 3.63) is 0 Å². The highest BCUT2D eigenvalue weighted by atomic mass is 16.4. The van der Waals surface area contributed by atoms with E-state index >= 15 is 0 Å². The molecule has 0 aromatic rings. The van der Waals surface area contributed by atoms with Crippen molar-refractivity contribution < 1.29 is 9.90 Å². The van der Waals surface area contributed by atoms with Crippen LogP contribution >= 0.6 is 0 Å². The van der Waals surface area contributed by atoms with Crippen LogP contribution in [0.1, 0.15) is 45.4 Å². The number of carboxylic acids is 1. The summed E-state index contributed by atoms with van der Waals surface area (Å²) in [7, 11) is 0. The molecule has 1 fully saturated rings. The third kappa shape index (κ3) is 4.79. The Morgan fingerprint density at radius 2 is 2.06 bits per heavy atom. The molecule has 0 aliphatic heterocycles. The average Bonchev–Trinajstić information content (AvgIpc) is 2.29. The molecule has 0 spiro atoms. The van der Waals surface area contributed by atoms with Crippen molar-refractivity contribution in [1.82, 2.24) is 4.90 Å². The van der Waals surface area contributed by atoms with Crippen LogP contribution in [-0.4, -0.2) is 35.1 Å². The Bertz CT molecular complexity index is 274. The third-order valence-electron chi connectivity index (χ3n) is 3.66. The van der Waals surface area contributed by atoms with Crippen molar-refractivity contribution in [2.75, 3.05) is 13.1 Å². The topological polar surface area (TPSA) is 40.5 Å². The zero-order chi connectivity index (χ0) is 12.7. The molecule has 1 aliphatic rings. The summed E-state index contributed by atoms with van der Waals surface area (Å²) in [6, 6.07) is 0.371. The summed E-state index contributed by atoms with van der Waals surface area (Å²) in [4.78, 5) is 12.7. The van der Waals surface area contributed by atoms with E-state index in [1.165, 1.54) is 25.7 Å². The summed E-state index contributed by atoms with van der Waals surface area (Å²) in [6.07, 6.45) is 12.5. The fourth-order valence-electron chi connectivity index (χ4n) is 2.81. The van der Waals surface area contributed by atoms with Crippen LogP contribution in [0, 0.1) is 18.3 Å². The van der Waals surface area contributed by atoms with Crippen LogP contribution in [-0.2, 0) is 4.79 Å². The number of nitrogens with zero attached hydrogens (tertiary/aromatic N) is 1. The summed E-state index contributed by atoms with van der Waals surface area (Å²) in [5, 5.41) is 8.87. The molecule has 0 amide bonds. The van der Waals surface area contributed by atoms with E-state index in [9.17, 15) is 4.79 Å². The number of rotatable bonds is 6. The third-order valence-corrected chi connectivity index (χ3v) is 3.66. The molecule has 0 atom stereocenters. The average molecular weight is 237 g/mol.